The van der Waals surface area contributed by atoms with E-state index in [4.69, 9.17) is 5.73 Å². The zero-order valence-corrected chi connectivity index (χ0v) is 14.9. The number of carbonyl (C=O) groups excluding carboxylic acids is 2. The van der Waals surface area contributed by atoms with Crippen LogP contribution in [0.4, 0.5) is 9.18 Å². The maximum atomic E-state index is 13.6. The monoisotopic (exact) mass is 360 g/mol. The second kappa shape index (κ2) is 6.40. The molecule has 0 bridgehead atoms. The van der Waals surface area contributed by atoms with E-state index in [1.807, 2.05) is 20.8 Å². The summed E-state index contributed by atoms with van der Waals surface area (Å²) in [7, 11) is 0. The van der Waals surface area contributed by atoms with Crippen LogP contribution >= 0.6 is 0 Å². The third-order valence-corrected chi connectivity index (χ3v) is 3.99. The van der Waals surface area contributed by atoms with Gasteiger partial charge < -0.3 is 16.0 Å². The Bertz CT molecular complexity index is 871. The molecule has 1 aliphatic rings. The summed E-state index contributed by atoms with van der Waals surface area (Å²) in [6.45, 7) is 6.54. The van der Waals surface area contributed by atoms with E-state index < -0.39 is 17.4 Å². The molecule has 2 aromatic rings. The van der Waals surface area contributed by atoms with Crippen LogP contribution in [0.25, 0.3) is 11.3 Å². The number of carbonyl (C=O) groups is 2. The highest BCUT2D eigenvalue weighted by Crippen LogP contribution is 2.29. The quantitative estimate of drug-likeness (QED) is 0.846. The second-order valence-corrected chi connectivity index (χ2v) is 7.25. The van der Waals surface area contributed by atoms with Gasteiger partial charge in [-0.15, -0.1) is 0 Å². The van der Waals surface area contributed by atoms with Crippen molar-refractivity contribution >= 4 is 11.9 Å². The molecule has 0 unspecified atom stereocenters. The SMILES string of the molecule is CC(C)(C)NC(=O)c1c(-c2cncc(F)c2)nn2c1CN(C(N)=O)CC2. The number of hydrogen-bond acceptors (Lipinski definition) is 4. The van der Waals surface area contributed by atoms with Crippen molar-refractivity contribution in [1.82, 2.24) is 25.0 Å². The molecule has 1 aliphatic heterocycles. The minimum Gasteiger partial charge on any atom is -0.351 e. The van der Waals surface area contributed by atoms with Crippen molar-refractivity contribution in [3.63, 3.8) is 0 Å². The molecule has 0 saturated carbocycles. The number of fused-ring (bicyclic) bond motifs is 1. The molecule has 0 aromatic carbocycles. The summed E-state index contributed by atoms with van der Waals surface area (Å²) in [6.07, 6.45) is 2.54. The van der Waals surface area contributed by atoms with Crippen LogP contribution < -0.4 is 11.1 Å². The van der Waals surface area contributed by atoms with Gasteiger partial charge in [-0.3, -0.25) is 14.5 Å². The molecular weight excluding hydrogens is 339 g/mol. The Morgan fingerprint density at radius 1 is 1.27 bits per heavy atom. The molecule has 9 heteroatoms. The van der Waals surface area contributed by atoms with Gasteiger partial charge in [0.2, 0.25) is 0 Å². The first-order valence-corrected chi connectivity index (χ1v) is 8.23. The van der Waals surface area contributed by atoms with Gasteiger partial charge in [-0.25, -0.2) is 9.18 Å². The van der Waals surface area contributed by atoms with Crippen LogP contribution in [0, 0.1) is 5.82 Å². The first-order chi connectivity index (χ1) is 12.2. The lowest BCUT2D eigenvalue weighted by Crippen LogP contribution is -2.44. The molecule has 0 aliphatic carbocycles. The first-order valence-electron chi connectivity index (χ1n) is 8.23. The van der Waals surface area contributed by atoms with E-state index in [2.05, 4.69) is 15.4 Å². The third kappa shape index (κ3) is 3.51. The third-order valence-electron chi connectivity index (χ3n) is 3.99. The Labute approximate surface area is 150 Å². The van der Waals surface area contributed by atoms with E-state index in [1.165, 1.54) is 17.2 Å². The van der Waals surface area contributed by atoms with Crippen LogP contribution in [-0.4, -0.2) is 43.7 Å². The Morgan fingerprint density at radius 2 is 2.00 bits per heavy atom. The molecule has 8 nitrogen and oxygen atoms in total. The minimum atomic E-state index is -0.561. The molecule has 0 radical (unpaired) electrons. The van der Waals surface area contributed by atoms with Crippen molar-refractivity contribution in [2.45, 2.75) is 39.4 Å². The molecule has 3 rings (SSSR count). The van der Waals surface area contributed by atoms with E-state index in [1.54, 1.807) is 4.68 Å². The van der Waals surface area contributed by atoms with Gasteiger partial charge in [0.05, 0.1) is 30.5 Å². The summed E-state index contributed by atoms with van der Waals surface area (Å²) in [5.41, 5.74) is 6.52. The number of hydrogen-bond donors (Lipinski definition) is 2. The van der Waals surface area contributed by atoms with E-state index in [0.717, 1.165) is 6.20 Å². The normalized spacial score (nSPS) is 14.1. The maximum absolute atomic E-state index is 13.6. The number of rotatable bonds is 2. The Morgan fingerprint density at radius 3 is 2.62 bits per heavy atom. The Kier molecular flexibility index (Phi) is 4.39. The van der Waals surface area contributed by atoms with Crippen LogP contribution in [0.15, 0.2) is 18.5 Å². The highest BCUT2D eigenvalue weighted by molar-refractivity contribution is 6.01. The van der Waals surface area contributed by atoms with Crippen molar-refractivity contribution < 1.29 is 14.0 Å². The summed E-state index contributed by atoms with van der Waals surface area (Å²) in [5, 5.41) is 7.38. The van der Waals surface area contributed by atoms with Gasteiger partial charge in [-0.05, 0) is 26.8 Å². The van der Waals surface area contributed by atoms with Crippen molar-refractivity contribution in [2.75, 3.05) is 6.54 Å². The second-order valence-electron chi connectivity index (χ2n) is 7.25. The number of aromatic nitrogens is 3. The Balaban J connectivity index is 2.13. The molecule has 0 spiro atoms. The number of primary amides is 1. The maximum Gasteiger partial charge on any atom is 0.315 e. The van der Waals surface area contributed by atoms with Crippen LogP contribution in [-0.2, 0) is 13.1 Å². The summed E-state index contributed by atoms with van der Waals surface area (Å²) in [6, 6.07) is 0.717. The standard InChI is InChI=1S/C17H21FN6O2/c1-17(2,3)21-15(25)13-12-9-23(16(19)26)4-5-24(12)22-14(13)10-6-11(18)8-20-7-10/h6-8H,4-5,9H2,1-3H3,(H2,19,26)(H,21,25). The number of nitrogens with one attached hydrogen (secondary N) is 1. The highest BCUT2D eigenvalue weighted by Gasteiger charge is 2.31. The van der Waals surface area contributed by atoms with Gasteiger partial charge in [0.15, 0.2) is 0 Å². The van der Waals surface area contributed by atoms with Gasteiger partial charge >= 0.3 is 6.03 Å². The molecular formula is C17H21FN6O2. The molecule has 0 fully saturated rings. The van der Waals surface area contributed by atoms with Gasteiger partial charge in [0.25, 0.3) is 5.91 Å². The topological polar surface area (TPSA) is 106 Å². The van der Waals surface area contributed by atoms with Crippen molar-refractivity contribution in [2.24, 2.45) is 5.73 Å². The molecule has 3 heterocycles. The predicted octanol–water partition coefficient (Wildman–Crippen LogP) is 1.51. The lowest BCUT2D eigenvalue weighted by Gasteiger charge is -2.27. The van der Waals surface area contributed by atoms with Gasteiger partial charge in [-0.2, -0.15) is 5.10 Å². The number of urea groups is 1. The molecule has 0 saturated heterocycles. The molecule has 3 amide bonds. The van der Waals surface area contributed by atoms with E-state index in [-0.39, 0.29) is 12.5 Å². The largest absolute Gasteiger partial charge is 0.351 e. The van der Waals surface area contributed by atoms with Crippen LogP contribution in [0.1, 0.15) is 36.8 Å². The molecule has 138 valence electrons. The predicted molar refractivity (Wildman–Crippen MR) is 92.6 cm³/mol. The molecule has 3 N–H and O–H groups in total. The van der Waals surface area contributed by atoms with Crippen molar-refractivity contribution in [1.29, 1.82) is 0 Å². The van der Waals surface area contributed by atoms with Gasteiger partial charge in [0.1, 0.15) is 11.5 Å². The fraction of sp³-hybridized carbons (Fsp3) is 0.412. The average molecular weight is 360 g/mol. The average Bonchev–Trinajstić information content (AvgIpc) is 2.91. The number of halogens is 1. The summed E-state index contributed by atoms with van der Waals surface area (Å²) in [5.74, 6) is -0.862. The number of nitrogens with zero attached hydrogens (tertiary/aromatic N) is 4. The zero-order chi connectivity index (χ0) is 19.1. The van der Waals surface area contributed by atoms with Crippen LogP contribution in [0.2, 0.25) is 0 Å². The molecule has 26 heavy (non-hydrogen) atoms. The van der Waals surface area contributed by atoms with Gasteiger partial charge in [-0.1, -0.05) is 0 Å². The van der Waals surface area contributed by atoms with E-state index in [0.29, 0.717) is 35.6 Å². The van der Waals surface area contributed by atoms with Crippen LogP contribution in [0.3, 0.4) is 0 Å². The summed E-state index contributed by atoms with van der Waals surface area (Å²) < 4.78 is 15.3. The molecule has 2 aromatic heterocycles. The van der Waals surface area contributed by atoms with E-state index in [9.17, 15) is 14.0 Å². The lowest BCUT2D eigenvalue weighted by molar-refractivity contribution is 0.0916. The smallest absolute Gasteiger partial charge is 0.315 e. The zero-order valence-electron chi connectivity index (χ0n) is 14.9. The van der Waals surface area contributed by atoms with Crippen LogP contribution in [0.5, 0.6) is 0 Å². The highest BCUT2D eigenvalue weighted by atomic mass is 19.1. The minimum absolute atomic E-state index is 0.165. The number of nitrogens with two attached hydrogens (primary N) is 1. The van der Waals surface area contributed by atoms with Crippen molar-refractivity contribution in [3.05, 3.63) is 35.5 Å². The first kappa shape index (κ1) is 17.8. The molecule has 0 atom stereocenters. The summed E-state index contributed by atoms with van der Waals surface area (Å²) in [4.78, 5) is 29.8. The van der Waals surface area contributed by atoms with Gasteiger partial charge in [0, 0.05) is 23.8 Å². The van der Waals surface area contributed by atoms with E-state index >= 15 is 0 Å². The number of amides is 3. The Hall–Kier alpha value is -2.97. The summed E-state index contributed by atoms with van der Waals surface area (Å²) >= 11 is 0. The fourth-order valence-electron chi connectivity index (χ4n) is 2.89. The fourth-order valence-corrected chi connectivity index (χ4v) is 2.89. The number of pyridine rings is 1. The lowest BCUT2D eigenvalue weighted by atomic mass is 10.0. The van der Waals surface area contributed by atoms with Crippen molar-refractivity contribution in [3.8, 4) is 11.3 Å².